The fraction of sp³-hybridized carbons (Fsp3) is 0.471. The average Bonchev–Trinajstić information content (AvgIpc) is 2.94. The van der Waals surface area contributed by atoms with Gasteiger partial charge in [-0.05, 0) is 66.0 Å². The van der Waals surface area contributed by atoms with Crippen molar-refractivity contribution < 1.29 is 14.9 Å². The zero-order valence-corrected chi connectivity index (χ0v) is 15.6. The van der Waals surface area contributed by atoms with Crippen LogP contribution in [-0.2, 0) is 19.3 Å². The van der Waals surface area contributed by atoms with E-state index in [1.807, 2.05) is 6.07 Å². The first-order chi connectivity index (χ1) is 11.1. The topological polar surface area (TPSA) is 78.4 Å². The number of halogens is 1. The number of hydrogen-bond donors (Lipinski definition) is 3. The van der Waals surface area contributed by atoms with Gasteiger partial charge in [0.2, 0.25) is 0 Å². The number of aryl methyl sites for hydroxylation is 2. The lowest BCUT2D eigenvalue weighted by molar-refractivity contribution is -0.0426. The number of H-pyrrole nitrogens is 1. The van der Waals surface area contributed by atoms with Gasteiger partial charge in [-0.3, -0.25) is 5.10 Å². The zero-order chi connectivity index (χ0) is 16.8. The molecule has 0 amide bonds. The monoisotopic (exact) mass is 430 g/mol. The zero-order valence-electron chi connectivity index (χ0n) is 13.5. The van der Waals surface area contributed by atoms with Crippen molar-refractivity contribution in [3.63, 3.8) is 0 Å². The Bertz CT molecular complexity index is 619. The molecular formula is C17H23IN2O3. The predicted octanol–water partition coefficient (Wildman–Crippen LogP) is 3.13. The molecule has 0 radical (unpaired) electrons. The predicted molar refractivity (Wildman–Crippen MR) is 97.5 cm³/mol. The summed E-state index contributed by atoms with van der Waals surface area (Å²) >= 11 is 2.18. The number of hydrogen-bond acceptors (Lipinski definition) is 4. The van der Waals surface area contributed by atoms with E-state index in [9.17, 15) is 10.2 Å². The second-order valence-electron chi connectivity index (χ2n) is 5.35. The summed E-state index contributed by atoms with van der Waals surface area (Å²) < 4.78 is 6.77. The van der Waals surface area contributed by atoms with Crippen LogP contribution in [0.2, 0.25) is 0 Å². The highest BCUT2D eigenvalue weighted by molar-refractivity contribution is 14.1. The Morgan fingerprint density at radius 1 is 1.26 bits per heavy atom. The smallest absolute Gasteiger partial charge is 0.178 e. The van der Waals surface area contributed by atoms with Gasteiger partial charge in [-0.15, -0.1) is 0 Å². The van der Waals surface area contributed by atoms with Crippen molar-refractivity contribution in [3.8, 4) is 5.75 Å². The van der Waals surface area contributed by atoms with Crippen LogP contribution in [0.3, 0.4) is 0 Å². The first-order valence-electron chi connectivity index (χ1n) is 7.90. The van der Waals surface area contributed by atoms with Crippen molar-refractivity contribution in [2.75, 3.05) is 6.61 Å². The summed E-state index contributed by atoms with van der Waals surface area (Å²) in [4.78, 5) is 0. The van der Waals surface area contributed by atoms with E-state index in [4.69, 9.17) is 4.74 Å². The molecule has 0 atom stereocenters. The molecule has 1 heterocycles. The molecule has 0 saturated carbocycles. The Balaban J connectivity index is 1.93. The van der Waals surface area contributed by atoms with Crippen molar-refractivity contribution in [2.45, 2.75) is 45.8 Å². The SMILES string of the molecule is CCc1n[nH]c(CC)c1CCCOc1cc(C(O)O)ccc1I. The molecule has 0 fully saturated rings. The fourth-order valence-electron chi connectivity index (χ4n) is 2.55. The molecule has 0 aliphatic heterocycles. The van der Waals surface area contributed by atoms with E-state index in [1.54, 1.807) is 12.1 Å². The van der Waals surface area contributed by atoms with Crippen molar-refractivity contribution in [2.24, 2.45) is 0 Å². The molecule has 1 aromatic carbocycles. The molecule has 2 aromatic rings. The van der Waals surface area contributed by atoms with E-state index >= 15 is 0 Å². The number of aliphatic hydroxyl groups excluding tert-OH is 1. The first-order valence-corrected chi connectivity index (χ1v) is 8.98. The number of rotatable bonds is 8. The maximum atomic E-state index is 9.24. The molecule has 126 valence electrons. The standard InChI is InChI=1S/C17H23IN2O3/c1-3-14-12(15(4-2)20-19-14)6-5-9-23-16-10-11(17(21)22)7-8-13(16)18/h7-8,10,17,21-22H,3-6,9H2,1-2H3,(H,19,20). The van der Waals surface area contributed by atoms with Crippen LogP contribution >= 0.6 is 22.6 Å². The number of benzene rings is 1. The van der Waals surface area contributed by atoms with Crippen molar-refractivity contribution in [1.29, 1.82) is 0 Å². The molecule has 1 aromatic heterocycles. The maximum absolute atomic E-state index is 9.24. The Labute approximate surface area is 150 Å². The van der Waals surface area contributed by atoms with Gasteiger partial charge in [-0.25, -0.2) is 0 Å². The molecule has 3 N–H and O–H groups in total. The Hall–Kier alpha value is -1.12. The lowest BCUT2D eigenvalue weighted by Crippen LogP contribution is -2.04. The fourth-order valence-corrected chi connectivity index (χ4v) is 3.04. The average molecular weight is 430 g/mol. The highest BCUT2D eigenvalue weighted by Gasteiger charge is 2.11. The number of nitrogens with zero attached hydrogens (tertiary/aromatic N) is 1. The second-order valence-corrected chi connectivity index (χ2v) is 6.51. The minimum absolute atomic E-state index is 0.441. The molecule has 0 bridgehead atoms. The third-order valence-electron chi connectivity index (χ3n) is 3.81. The van der Waals surface area contributed by atoms with Crippen LogP contribution in [0.1, 0.15) is 49.1 Å². The number of aromatic nitrogens is 2. The van der Waals surface area contributed by atoms with E-state index in [0.717, 1.165) is 34.9 Å². The highest BCUT2D eigenvalue weighted by Crippen LogP contribution is 2.25. The summed E-state index contributed by atoms with van der Waals surface area (Å²) in [5.74, 6) is 0.690. The van der Waals surface area contributed by atoms with Crippen LogP contribution in [0, 0.1) is 3.57 Å². The van der Waals surface area contributed by atoms with Gasteiger partial charge in [-0.2, -0.15) is 5.10 Å². The van der Waals surface area contributed by atoms with E-state index in [0.29, 0.717) is 17.9 Å². The van der Waals surface area contributed by atoms with Gasteiger partial charge >= 0.3 is 0 Å². The number of nitrogens with one attached hydrogen (secondary N) is 1. The van der Waals surface area contributed by atoms with Gasteiger partial charge in [0.1, 0.15) is 5.75 Å². The van der Waals surface area contributed by atoms with Crippen molar-refractivity contribution in [1.82, 2.24) is 10.2 Å². The Kier molecular flexibility index (Phi) is 6.86. The van der Waals surface area contributed by atoms with Crippen LogP contribution < -0.4 is 4.74 Å². The van der Waals surface area contributed by atoms with E-state index in [1.165, 1.54) is 11.3 Å². The molecule has 0 spiro atoms. The summed E-state index contributed by atoms with van der Waals surface area (Å²) in [6.07, 6.45) is 2.24. The van der Waals surface area contributed by atoms with E-state index < -0.39 is 6.29 Å². The number of ether oxygens (including phenoxy) is 1. The van der Waals surface area contributed by atoms with Gasteiger partial charge in [0.05, 0.1) is 15.9 Å². The van der Waals surface area contributed by atoms with Crippen LogP contribution in [0.25, 0.3) is 0 Å². The van der Waals surface area contributed by atoms with E-state index in [-0.39, 0.29) is 0 Å². The third kappa shape index (κ3) is 4.68. The van der Waals surface area contributed by atoms with Crippen molar-refractivity contribution in [3.05, 3.63) is 44.3 Å². The molecule has 23 heavy (non-hydrogen) atoms. The number of aromatic amines is 1. The molecule has 2 rings (SSSR count). The minimum atomic E-state index is -1.47. The van der Waals surface area contributed by atoms with Gasteiger partial charge in [0.25, 0.3) is 0 Å². The Morgan fingerprint density at radius 3 is 2.70 bits per heavy atom. The minimum Gasteiger partial charge on any atom is -0.492 e. The maximum Gasteiger partial charge on any atom is 0.178 e. The van der Waals surface area contributed by atoms with Crippen LogP contribution in [0.4, 0.5) is 0 Å². The summed E-state index contributed by atoms with van der Waals surface area (Å²) in [6, 6.07) is 5.19. The summed E-state index contributed by atoms with van der Waals surface area (Å²) in [5, 5.41) is 26.0. The summed E-state index contributed by atoms with van der Waals surface area (Å²) in [7, 11) is 0. The van der Waals surface area contributed by atoms with Gasteiger partial charge in [-0.1, -0.05) is 19.9 Å². The lowest BCUT2D eigenvalue weighted by Gasteiger charge is -2.11. The van der Waals surface area contributed by atoms with Gasteiger partial charge in [0, 0.05) is 11.3 Å². The van der Waals surface area contributed by atoms with Gasteiger partial charge in [0.15, 0.2) is 6.29 Å². The second kappa shape index (κ2) is 8.65. The Morgan fingerprint density at radius 2 is 2.04 bits per heavy atom. The highest BCUT2D eigenvalue weighted by atomic mass is 127. The van der Waals surface area contributed by atoms with Crippen LogP contribution in [0.15, 0.2) is 18.2 Å². The normalized spacial score (nSPS) is 11.2. The molecule has 0 saturated heterocycles. The molecule has 6 heteroatoms. The van der Waals surface area contributed by atoms with Crippen LogP contribution in [-0.4, -0.2) is 27.0 Å². The third-order valence-corrected chi connectivity index (χ3v) is 4.70. The molecule has 0 aliphatic rings. The van der Waals surface area contributed by atoms with Crippen LogP contribution in [0.5, 0.6) is 5.75 Å². The molecular weight excluding hydrogens is 407 g/mol. The summed E-state index contributed by atoms with van der Waals surface area (Å²) in [5.41, 5.74) is 4.10. The molecule has 0 unspecified atom stereocenters. The quantitative estimate of drug-likeness (QED) is 0.342. The molecule has 0 aliphatic carbocycles. The first kappa shape index (κ1) is 18.2. The summed E-state index contributed by atoms with van der Waals surface area (Å²) in [6.45, 7) is 4.82. The van der Waals surface area contributed by atoms with Gasteiger partial charge < -0.3 is 14.9 Å². The van der Waals surface area contributed by atoms with Crippen molar-refractivity contribution >= 4 is 22.6 Å². The van der Waals surface area contributed by atoms with E-state index in [2.05, 4.69) is 46.6 Å². The number of aliphatic hydroxyl groups is 2. The molecule has 5 nitrogen and oxygen atoms in total. The largest absolute Gasteiger partial charge is 0.492 e. The lowest BCUT2D eigenvalue weighted by atomic mass is 10.0.